The van der Waals surface area contributed by atoms with Gasteiger partial charge in [0, 0.05) is 58.2 Å². The van der Waals surface area contributed by atoms with Gasteiger partial charge in [-0.15, -0.1) is 0 Å². The molecule has 0 saturated carbocycles. The molecule has 1 N–H and O–H groups in total. The molecule has 334 valence electrons. The lowest BCUT2D eigenvalue weighted by molar-refractivity contribution is 0.0996. The predicted molar refractivity (Wildman–Crippen MR) is 236 cm³/mol. The highest BCUT2D eigenvalue weighted by Crippen LogP contribution is 2.26. The molecule has 2 aromatic heterocycles. The van der Waals surface area contributed by atoms with E-state index in [0.717, 1.165) is 22.3 Å². The Morgan fingerprint density at radius 3 is 1.19 bits per heavy atom. The molecule has 63 heavy (non-hydrogen) atoms. The average molecular weight is 901 g/mol. The molecule has 6 aromatic rings. The van der Waals surface area contributed by atoms with Gasteiger partial charge in [0.05, 0.1) is 28.4 Å². The van der Waals surface area contributed by atoms with E-state index >= 15 is 0 Å². The first-order chi connectivity index (χ1) is 30.0. The number of hydrogen-bond donors (Lipinski definition) is 1. The monoisotopic (exact) mass is 900 g/mol. The molecule has 0 spiro atoms. The third-order valence-electron chi connectivity index (χ3n) is 9.77. The fraction of sp³-hybridized carbons (Fsp3) is 0.289. The van der Waals surface area contributed by atoms with Crippen LogP contribution in [0.4, 0.5) is 0 Å². The molecule has 2 heterocycles. The fourth-order valence-corrected chi connectivity index (χ4v) is 8.92. The molecule has 0 bridgehead atoms. The molecule has 18 heteroatoms. The van der Waals surface area contributed by atoms with E-state index in [4.69, 9.17) is 18.9 Å². The number of methoxy groups -OCH3 is 4. The van der Waals surface area contributed by atoms with Crippen molar-refractivity contribution in [3.63, 3.8) is 0 Å². The lowest BCUT2D eigenvalue weighted by Gasteiger charge is -2.22. The van der Waals surface area contributed by atoms with Gasteiger partial charge < -0.3 is 18.9 Å². The lowest BCUT2D eigenvalue weighted by Crippen LogP contribution is -2.30. The van der Waals surface area contributed by atoms with Gasteiger partial charge in [0.15, 0.2) is 21.6 Å². The molecule has 0 atom stereocenters. The topological polar surface area (TPSA) is 192 Å². The van der Waals surface area contributed by atoms with Crippen LogP contribution in [0.15, 0.2) is 119 Å². The van der Waals surface area contributed by atoms with Gasteiger partial charge in [0.1, 0.15) is 34.4 Å². The number of nitrogens with one attached hydrogen (secondary N) is 1. The van der Waals surface area contributed by atoms with Crippen molar-refractivity contribution in [3.8, 4) is 23.0 Å². The number of aromatic amines is 1. The summed E-state index contributed by atoms with van der Waals surface area (Å²) in [6, 6.07) is 31.2. The van der Waals surface area contributed by atoms with Crippen LogP contribution in [-0.2, 0) is 46.2 Å². The molecule has 0 radical (unpaired) electrons. The lowest BCUT2D eigenvalue weighted by atomic mass is 10.2. The molecule has 0 aliphatic heterocycles. The average Bonchev–Trinajstić information content (AvgIpc) is 3.98. The number of Topliss-reactive ketones (excluding diaryl/α,β-unsaturated/α-hetero) is 2. The number of rotatable bonds is 19. The second-order valence-electron chi connectivity index (χ2n) is 14.6. The van der Waals surface area contributed by atoms with Crippen LogP contribution in [0.1, 0.15) is 77.0 Å². The van der Waals surface area contributed by atoms with E-state index in [2.05, 4.69) is 15.3 Å². The Hall–Kier alpha value is -6.34. The summed E-state index contributed by atoms with van der Waals surface area (Å²) in [5.41, 5.74) is 3.50. The van der Waals surface area contributed by atoms with Crippen molar-refractivity contribution in [2.24, 2.45) is 0 Å². The number of ketones is 2. The van der Waals surface area contributed by atoms with Crippen LogP contribution < -0.4 is 18.9 Å². The van der Waals surface area contributed by atoms with Crippen molar-refractivity contribution in [2.75, 3.05) is 28.4 Å². The third-order valence-corrected chi connectivity index (χ3v) is 13.1. The highest BCUT2D eigenvalue weighted by Gasteiger charge is 2.31. The molecule has 0 unspecified atom stereocenters. The van der Waals surface area contributed by atoms with Gasteiger partial charge in [-0.05, 0) is 84.6 Å². The minimum atomic E-state index is -4.01. The molecular weight excluding hydrogens is 849 g/mol. The second kappa shape index (κ2) is 21.2. The molecular formula is C45H52N6O10S2. The maximum absolute atomic E-state index is 13.7. The number of hydrogen-bond acceptors (Lipinski definition) is 12. The number of aromatic nitrogens is 4. The van der Waals surface area contributed by atoms with E-state index in [1.54, 1.807) is 77.0 Å². The summed E-state index contributed by atoms with van der Waals surface area (Å²) in [6.07, 6.45) is 0. The van der Waals surface area contributed by atoms with Gasteiger partial charge in [0.25, 0.3) is 20.0 Å². The number of carbonyl (C=O) groups excluding carboxylic acids is 2. The molecule has 16 nitrogen and oxygen atoms in total. The second-order valence-corrected chi connectivity index (χ2v) is 18.4. The molecule has 0 amide bonds. The summed E-state index contributed by atoms with van der Waals surface area (Å²) in [7, 11) is -1.66. The minimum absolute atomic E-state index is 0.0717. The summed E-state index contributed by atoms with van der Waals surface area (Å²) >= 11 is 0. The molecule has 0 saturated heterocycles. The van der Waals surface area contributed by atoms with Crippen molar-refractivity contribution >= 4 is 31.6 Å². The summed E-state index contributed by atoms with van der Waals surface area (Å²) in [5, 5.41) is 10.3. The quantitative estimate of drug-likeness (QED) is 0.0813. The Bertz CT molecular complexity index is 2580. The molecule has 0 fully saturated rings. The Morgan fingerprint density at radius 2 is 0.921 bits per heavy atom. The summed E-state index contributed by atoms with van der Waals surface area (Å²) in [5.74, 6) is 2.18. The van der Waals surface area contributed by atoms with E-state index in [0.29, 0.717) is 23.0 Å². The first-order valence-corrected chi connectivity index (χ1v) is 22.6. The largest absolute Gasteiger partial charge is 0.497 e. The Balaban J connectivity index is 0.000000239. The van der Waals surface area contributed by atoms with Crippen molar-refractivity contribution in [2.45, 2.75) is 70.0 Å². The molecule has 0 aliphatic carbocycles. The Labute approximate surface area is 368 Å². The fourth-order valence-electron chi connectivity index (χ4n) is 6.23. The van der Waals surface area contributed by atoms with Crippen molar-refractivity contribution in [3.05, 3.63) is 143 Å². The maximum Gasteiger partial charge on any atom is 0.263 e. The van der Waals surface area contributed by atoms with Crippen molar-refractivity contribution in [1.82, 2.24) is 28.6 Å². The smallest absolute Gasteiger partial charge is 0.263 e. The molecule has 6 rings (SSSR count). The van der Waals surface area contributed by atoms with E-state index in [-0.39, 0.29) is 65.2 Å². The van der Waals surface area contributed by atoms with Crippen LogP contribution >= 0.6 is 0 Å². The number of nitrogens with zero attached hydrogens (tertiary/aromatic N) is 5. The van der Waals surface area contributed by atoms with E-state index in [9.17, 15) is 26.4 Å². The SMILES string of the molecule is COc1ccc(CN(Cc2ccc(OC)cc2)S(=O)(=O)c2cc(C(C)=O)n(C(C)C)n2)cc1.COc1ccc(CN(Cc2ccc(OC)cc2)S(=O)(=O)c2cc(C(C)=O)n[nH]2)cc1. The third kappa shape index (κ3) is 12.2. The zero-order valence-corrected chi connectivity index (χ0v) is 38.1. The van der Waals surface area contributed by atoms with Gasteiger partial charge in [-0.1, -0.05) is 48.5 Å². The van der Waals surface area contributed by atoms with Crippen molar-refractivity contribution < 1.29 is 45.4 Å². The van der Waals surface area contributed by atoms with E-state index in [1.165, 1.54) is 39.3 Å². The van der Waals surface area contributed by atoms with Gasteiger partial charge in [0.2, 0.25) is 0 Å². The summed E-state index contributed by atoms with van der Waals surface area (Å²) in [4.78, 5) is 23.6. The van der Waals surface area contributed by atoms with Gasteiger partial charge in [-0.25, -0.2) is 16.8 Å². The van der Waals surface area contributed by atoms with Gasteiger partial charge >= 0.3 is 0 Å². The van der Waals surface area contributed by atoms with Crippen LogP contribution in [0, 0.1) is 0 Å². The zero-order chi connectivity index (χ0) is 45.9. The first kappa shape index (κ1) is 47.7. The number of sulfonamides is 2. The van der Waals surface area contributed by atoms with Crippen LogP contribution in [-0.4, -0.2) is 85.4 Å². The van der Waals surface area contributed by atoms with E-state index < -0.39 is 20.0 Å². The number of ether oxygens (including phenoxy) is 4. The Morgan fingerprint density at radius 1 is 0.571 bits per heavy atom. The number of H-pyrrole nitrogens is 1. The minimum Gasteiger partial charge on any atom is -0.497 e. The number of carbonyl (C=O) groups is 2. The van der Waals surface area contributed by atoms with Crippen LogP contribution in [0.3, 0.4) is 0 Å². The van der Waals surface area contributed by atoms with Crippen LogP contribution in [0.2, 0.25) is 0 Å². The Kier molecular flexibility index (Phi) is 16.0. The predicted octanol–water partition coefficient (Wildman–Crippen LogP) is 7.10. The van der Waals surface area contributed by atoms with Crippen LogP contribution in [0.5, 0.6) is 23.0 Å². The van der Waals surface area contributed by atoms with Crippen molar-refractivity contribution in [1.29, 1.82) is 0 Å². The van der Waals surface area contributed by atoms with Gasteiger partial charge in [-0.2, -0.15) is 18.8 Å². The normalized spacial score (nSPS) is 11.6. The summed E-state index contributed by atoms with van der Waals surface area (Å²) in [6.45, 7) is 6.95. The molecule has 4 aromatic carbocycles. The zero-order valence-electron chi connectivity index (χ0n) is 36.4. The van der Waals surface area contributed by atoms with Gasteiger partial charge in [-0.3, -0.25) is 19.4 Å². The summed E-state index contributed by atoms with van der Waals surface area (Å²) < 4.78 is 78.9. The highest BCUT2D eigenvalue weighted by molar-refractivity contribution is 7.89. The standard InChI is InChI=1S/C24H29N3O5S.C21H23N3O5S/c1-17(2)27-23(18(3)28)14-24(25-27)33(29,30)26(15-19-6-10-21(31-4)11-7-19)16-20-8-12-22(32-5)13-9-20;1-15(25)20-12-21(23-22-20)30(26,27)24(13-16-4-8-18(28-2)9-5-16)14-17-6-10-19(29-3)11-7-17/h6-14,17H,15-16H2,1-5H3;4-12H,13-14H2,1-3H3,(H,22,23). The molecule has 0 aliphatic rings. The highest BCUT2D eigenvalue weighted by atomic mass is 32.2. The first-order valence-electron chi connectivity index (χ1n) is 19.7. The number of benzene rings is 4. The van der Waals surface area contributed by atoms with E-state index in [1.807, 2.05) is 62.4 Å². The van der Waals surface area contributed by atoms with Crippen LogP contribution in [0.25, 0.3) is 0 Å². The maximum atomic E-state index is 13.7.